The number of carbonyl (C=O) groups is 3. The third kappa shape index (κ3) is 12.6. The number of hydrogen-bond donors (Lipinski definition) is 3. The van der Waals surface area contributed by atoms with Gasteiger partial charge in [0, 0.05) is 19.4 Å². The maximum absolute atomic E-state index is 12.8. The largest absolute Gasteiger partial charge is 0.456 e. The van der Waals surface area contributed by atoms with Gasteiger partial charge in [0.15, 0.2) is 0 Å². The van der Waals surface area contributed by atoms with Crippen LogP contribution in [0.4, 0.5) is 0 Å². The Balaban J connectivity index is 2.65. The van der Waals surface area contributed by atoms with Crippen molar-refractivity contribution in [3.63, 3.8) is 0 Å². The van der Waals surface area contributed by atoms with Gasteiger partial charge in [-0.15, -0.1) is 13.2 Å². The molecule has 0 bridgehead atoms. The molecule has 3 N–H and O–H groups in total. The second kappa shape index (κ2) is 17.6. The van der Waals surface area contributed by atoms with E-state index in [9.17, 15) is 14.4 Å². The van der Waals surface area contributed by atoms with Gasteiger partial charge >= 0.3 is 5.97 Å². The first-order valence-electron chi connectivity index (χ1n) is 11.2. The molecule has 33 heavy (non-hydrogen) atoms. The van der Waals surface area contributed by atoms with Crippen molar-refractivity contribution in [3.05, 3.63) is 61.2 Å². The maximum atomic E-state index is 12.8. The van der Waals surface area contributed by atoms with Gasteiger partial charge in [0.25, 0.3) is 0 Å². The highest BCUT2D eigenvalue weighted by Crippen LogP contribution is 2.19. The molecule has 1 aromatic rings. The molecular weight excluding hydrogens is 424 g/mol. The topological polar surface area (TPSA) is 114 Å². The standard InChI is InChI=1S/C25H36N2O6/c1-3-5-7-13-24(30)33-22(20-11-8-6-9-12-20)19-27-25(31)21(10-4-2)18-23(29)26-14-16-32-17-15-28/h3-4,6,8-9,11-12,21-22,28H,1-2,5,7,10,13-19H2,(H,26,29)(H,27,31)/t21-,22+/m0/s1. The number of ether oxygens (including phenoxy) is 2. The highest BCUT2D eigenvalue weighted by Gasteiger charge is 2.23. The Bertz CT molecular complexity index is 738. The summed E-state index contributed by atoms with van der Waals surface area (Å²) in [7, 11) is 0. The molecule has 2 amide bonds. The van der Waals surface area contributed by atoms with Gasteiger partial charge in [-0.25, -0.2) is 0 Å². The van der Waals surface area contributed by atoms with E-state index in [1.165, 1.54) is 0 Å². The SMILES string of the molecule is C=CCCCC(=O)O[C@H](CNC(=O)[C@@H](CC=C)CC(=O)NCCOCCO)c1ccccc1. The van der Waals surface area contributed by atoms with Crippen LogP contribution in [0.3, 0.4) is 0 Å². The normalized spacial score (nSPS) is 12.3. The lowest BCUT2D eigenvalue weighted by Crippen LogP contribution is -2.38. The fourth-order valence-corrected chi connectivity index (χ4v) is 3.05. The predicted octanol–water partition coefficient (Wildman–Crippen LogP) is 2.45. The van der Waals surface area contributed by atoms with Gasteiger partial charge in [0.1, 0.15) is 6.10 Å². The molecule has 182 valence electrons. The maximum Gasteiger partial charge on any atom is 0.306 e. The van der Waals surface area contributed by atoms with Crippen molar-refractivity contribution in [2.45, 2.75) is 38.2 Å². The smallest absolute Gasteiger partial charge is 0.306 e. The number of allylic oxidation sites excluding steroid dienone is 2. The van der Waals surface area contributed by atoms with Gasteiger partial charge in [0.2, 0.25) is 11.8 Å². The molecule has 0 aliphatic carbocycles. The van der Waals surface area contributed by atoms with Crippen LogP contribution in [-0.2, 0) is 23.9 Å². The molecule has 8 nitrogen and oxygen atoms in total. The second-order valence-corrected chi connectivity index (χ2v) is 7.43. The molecule has 0 fully saturated rings. The van der Waals surface area contributed by atoms with E-state index in [4.69, 9.17) is 14.6 Å². The summed E-state index contributed by atoms with van der Waals surface area (Å²) in [5, 5.41) is 14.2. The van der Waals surface area contributed by atoms with Gasteiger partial charge in [-0.1, -0.05) is 42.5 Å². The van der Waals surface area contributed by atoms with Crippen molar-refractivity contribution < 1.29 is 29.0 Å². The molecule has 0 aromatic heterocycles. The van der Waals surface area contributed by atoms with Crippen LogP contribution in [0.15, 0.2) is 55.6 Å². The van der Waals surface area contributed by atoms with Crippen LogP contribution in [-0.4, -0.2) is 55.8 Å². The summed E-state index contributed by atoms with van der Waals surface area (Å²) in [6.07, 6.45) is 4.68. The summed E-state index contributed by atoms with van der Waals surface area (Å²) in [6, 6.07) is 9.21. The Morgan fingerprint density at radius 3 is 2.48 bits per heavy atom. The zero-order valence-corrected chi connectivity index (χ0v) is 19.2. The van der Waals surface area contributed by atoms with Crippen LogP contribution in [0, 0.1) is 5.92 Å². The molecule has 0 heterocycles. The molecule has 1 rings (SSSR count). The molecule has 0 saturated carbocycles. The van der Waals surface area contributed by atoms with E-state index < -0.39 is 12.0 Å². The zero-order chi connectivity index (χ0) is 24.3. The number of esters is 1. The van der Waals surface area contributed by atoms with Crippen LogP contribution in [0.5, 0.6) is 0 Å². The van der Waals surface area contributed by atoms with Gasteiger partial charge in [0.05, 0.1) is 32.3 Å². The minimum atomic E-state index is -0.631. The minimum Gasteiger partial charge on any atom is -0.456 e. The average molecular weight is 461 g/mol. The highest BCUT2D eigenvalue weighted by molar-refractivity contribution is 5.86. The first kappa shape index (κ1) is 28.1. The van der Waals surface area contributed by atoms with Crippen molar-refractivity contribution in [2.75, 3.05) is 32.9 Å². The number of rotatable bonds is 18. The van der Waals surface area contributed by atoms with Crippen molar-refractivity contribution in [1.29, 1.82) is 0 Å². The lowest BCUT2D eigenvalue weighted by Gasteiger charge is -2.21. The third-order valence-corrected chi connectivity index (χ3v) is 4.75. The summed E-state index contributed by atoms with van der Waals surface area (Å²) >= 11 is 0. The highest BCUT2D eigenvalue weighted by atomic mass is 16.5. The van der Waals surface area contributed by atoms with Gasteiger partial charge in [-0.2, -0.15) is 0 Å². The number of nitrogens with one attached hydrogen (secondary N) is 2. The first-order valence-corrected chi connectivity index (χ1v) is 11.2. The molecule has 0 spiro atoms. The van der Waals surface area contributed by atoms with E-state index in [0.717, 1.165) is 12.0 Å². The van der Waals surface area contributed by atoms with E-state index >= 15 is 0 Å². The van der Waals surface area contributed by atoms with Gasteiger partial charge in [-0.05, 0) is 24.8 Å². The van der Waals surface area contributed by atoms with E-state index in [1.807, 2.05) is 30.3 Å². The Hall–Kier alpha value is -2.97. The zero-order valence-electron chi connectivity index (χ0n) is 19.2. The van der Waals surface area contributed by atoms with E-state index in [2.05, 4.69) is 23.8 Å². The van der Waals surface area contributed by atoms with Gasteiger partial charge in [-0.3, -0.25) is 14.4 Å². The molecule has 2 atom stereocenters. The molecule has 0 saturated heterocycles. The Morgan fingerprint density at radius 2 is 1.82 bits per heavy atom. The summed E-state index contributed by atoms with van der Waals surface area (Å²) in [5.74, 6) is -1.53. The quantitative estimate of drug-likeness (QED) is 0.176. The van der Waals surface area contributed by atoms with Crippen molar-refractivity contribution >= 4 is 17.8 Å². The minimum absolute atomic E-state index is 0.00476. The number of aliphatic hydroxyl groups excluding tert-OH is 1. The van der Waals surface area contributed by atoms with E-state index in [1.54, 1.807) is 12.2 Å². The fraction of sp³-hybridized carbons (Fsp3) is 0.480. The monoisotopic (exact) mass is 460 g/mol. The molecule has 8 heteroatoms. The molecule has 1 aromatic carbocycles. The lowest BCUT2D eigenvalue weighted by atomic mass is 9.99. The Labute approximate surface area is 196 Å². The van der Waals surface area contributed by atoms with Gasteiger partial charge < -0.3 is 25.2 Å². The van der Waals surface area contributed by atoms with Crippen LogP contribution < -0.4 is 10.6 Å². The van der Waals surface area contributed by atoms with Crippen LogP contribution in [0.2, 0.25) is 0 Å². The van der Waals surface area contributed by atoms with Crippen molar-refractivity contribution in [3.8, 4) is 0 Å². The number of unbranched alkanes of at least 4 members (excludes halogenated alkanes) is 1. The first-order chi connectivity index (χ1) is 16.0. The third-order valence-electron chi connectivity index (χ3n) is 4.75. The summed E-state index contributed by atoms with van der Waals surface area (Å²) in [5.41, 5.74) is 0.774. The number of aliphatic hydroxyl groups is 1. The summed E-state index contributed by atoms with van der Waals surface area (Å²) < 4.78 is 10.7. The van der Waals surface area contributed by atoms with E-state index in [0.29, 0.717) is 19.4 Å². The molecule has 0 unspecified atom stereocenters. The number of amides is 2. The predicted molar refractivity (Wildman–Crippen MR) is 126 cm³/mol. The number of carbonyl (C=O) groups excluding carboxylic acids is 3. The summed E-state index contributed by atoms with van der Waals surface area (Å²) in [4.78, 5) is 37.2. The van der Waals surface area contributed by atoms with Crippen molar-refractivity contribution in [2.24, 2.45) is 5.92 Å². The Kier molecular flexibility index (Phi) is 14.9. The average Bonchev–Trinajstić information content (AvgIpc) is 2.82. The molecule has 0 radical (unpaired) electrons. The van der Waals surface area contributed by atoms with Crippen LogP contribution in [0.1, 0.15) is 43.8 Å². The Morgan fingerprint density at radius 1 is 1.06 bits per heavy atom. The van der Waals surface area contributed by atoms with Crippen LogP contribution >= 0.6 is 0 Å². The fourth-order valence-electron chi connectivity index (χ4n) is 3.05. The molecule has 0 aliphatic heterocycles. The van der Waals surface area contributed by atoms with Crippen LogP contribution in [0.25, 0.3) is 0 Å². The molecule has 0 aliphatic rings. The summed E-state index contributed by atoms with van der Waals surface area (Å²) in [6.45, 7) is 8.11. The van der Waals surface area contributed by atoms with E-state index in [-0.39, 0.29) is 57.0 Å². The number of benzene rings is 1. The second-order valence-electron chi connectivity index (χ2n) is 7.43. The number of hydrogen-bond acceptors (Lipinski definition) is 6. The lowest BCUT2D eigenvalue weighted by molar-refractivity contribution is -0.150. The molecular formula is C25H36N2O6. The van der Waals surface area contributed by atoms with Crippen molar-refractivity contribution in [1.82, 2.24) is 10.6 Å².